The van der Waals surface area contributed by atoms with E-state index in [0.717, 1.165) is 4.68 Å². The Kier molecular flexibility index (Phi) is 4.89. The molecule has 0 amide bonds. The molecule has 2 N–H and O–H groups in total. The van der Waals surface area contributed by atoms with Gasteiger partial charge in [0.05, 0.1) is 36.2 Å². The van der Waals surface area contributed by atoms with Gasteiger partial charge in [0.25, 0.3) is 5.56 Å². The van der Waals surface area contributed by atoms with Crippen LogP contribution in [0.25, 0.3) is 11.0 Å². The van der Waals surface area contributed by atoms with Crippen molar-refractivity contribution >= 4 is 46.2 Å². The maximum Gasteiger partial charge on any atom is 0.287 e. The van der Waals surface area contributed by atoms with E-state index in [1.807, 2.05) is 6.92 Å². The van der Waals surface area contributed by atoms with Gasteiger partial charge in [-0.15, -0.1) is 0 Å². The fourth-order valence-corrected chi connectivity index (χ4v) is 2.72. The van der Waals surface area contributed by atoms with Gasteiger partial charge in [-0.05, 0) is 18.2 Å². The minimum atomic E-state index is -1.75. The number of nitriles is 1. The Morgan fingerprint density at radius 1 is 1.48 bits per heavy atom. The molecule has 3 aromatic rings. The van der Waals surface area contributed by atoms with Crippen LogP contribution < -0.4 is 10.9 Å². The first-order valence-electron chi connectivity index (χ1n) is 7.97. The third kappa shape index (κ3) is 3.64. The first kappa shape index (κ1) is 18.9. The van der Waals surface area contributed by atoms with E-state index in [-0.39, 0.29) is 17.7 Å². The third-order valence-corrected chi connectivity index (χ3v) is 3.93. The maximum absolute atomic E-state index is 12.0. The Hall–Kier alpha value is -2.93. The lowest BCUT2D eigenvalue weighted by Crippen LogP contribution is -2.36. The first-order chi connectivity index (χ1) is 12.7. The molecule has 0 unspecified atom stereocenters. The van der Waals surface area contributed by atoms with Crippen molar-refractivity contribution in [2.75, 3.05) is 19.0 Å². The number of nitrogens with zero attached hydrogens (tertiary/aromatic N) is 5. The van der Waals surface area contributed by atoms with Crippen LogP contribution in [0.3, 0.4) is 0 Å². The number of rotatable bonds is 6. The van der Waals surface area contributed by atoms with E-state index in [0.29, 0.717) is 23.3 Å². The summed E-state index contributed by atoms with van der Waals surface area (Å²) in [6.45, 7) is 2.31. The topological polar surface area (TPSA) is 114 Å². The van der Waals surface area contributed by atoms with E-state index < -0.39 is 10.8 Å². The zero-order valence-corrected chi connectivity index (χ0v) is 14.8. The van der Waals surface area contributed by atoms with Gasteiger partial charge >= 0.3 is 0 Å². The monoisotopic (exact) mass is 357 g/mol. The summed E-state index contributed by atoms with van der Waals surface area (Å²) < 4.78 is 8.00. The fraction of sp³-hybridized carbons (Fsp3) is 0.333. The number of anilines is 2. The van der Waals surface area contributed by atoms with Crippen molar-refractivity contribution in [3.63, 3.8) is 0 Å². The van der Waals surface area contributed by atoms with E-state index in [4.69, 9.17) is 28.3 Å². The summed E-state index contributed by atoms with van der Waals surface area (Å²) in [6, 6.07) is 3.71. The standard InChI is InChI=1S/C15H14B3N7O2/c1-8(7-27-2)25-10(4-19)3-9-5-20-14(22-12(9)25)21-11-6-24(15(16,17)18)23-13(11)26/h3,5-6,8H,7H2,1-2H3,(H,23,26)(H,20,21,22)/t8-/m0/s1. The predicted molar refractivity (Wildman–Crippen MR) is 102 cm³/mol. The molecule has 0 bridgehead atoms. The largest absolute Gasteiger partial charge is 0.383 e. The lowest BCUT2D eigenvalue weighted by atomic mass is 9.49. The molecule has 3 aromatic heterocycles. The van der Waals surface area contributed by atoms with Crippen molar-refractivity contribution in [2.24, 2.45) is 0 Å². The molecule has 1 atom stereocenters. The van der Waals surface area contributed by atoms with Gasteiger partial charge in [0.15, 0.2) is 0 Å². The highest BCUT2D eigenvalue weighted by Gasteiger charge is 2.18. The number of H-pyrrole nitrogens is 1. The molecule has 0 fully saturated rings. The predicted octanol–water partition coefficient (Wildman–Crippen LogP) is -0.183. The fourth-order valence-electron chi connectivity index (χ4n) is 2.72. The van der Waals surface area contributed by atoms with Gasteiger partial charge in [-0.2, -0.15) is 10.2 Å². The van der Waals surface area contributed by atoms with Crippen LogP contribution in [0.4, 0.5) is 11.6 Å². The van der Waals surface area contributed by atoms with E-state index in [1.165, 1.54) is 6.20 Å². The van der Waals surface area contributed by atoms with Crippen molar-refractivity contribution in [2.45, 2.75) is 18.2 Å². The van der Waals surface area contributed by atoms with Gasteiger partial charge in [-0.3, -0.25) is 9.89 Å². The van der Waals surface area contributed by atoms with Crippen LogP contribution in [0, 0.1) is 11.3 Å². The van der Waals surface area contributed by atoms with Gasteiger partial charge in [-0.1, -0.05) is 0 Å². The molecule has 0 aliphatic rings. The van der Waals surface area contributed by atoms with Crippen molar-refractivity contribution < 1.29 is 4.74 Å². The maximum atomic E-state index is 12.0. The number of methoxy groups -OCH3 is 1. The molecule has 0 spiro atoms. The molecule has 0 aliphatic carbocycles. The van der Waals surface area contributed by atoms with Crippen molar-refractivity contribution in [1.29, 1.82) is 5.26 Å². The molecular weight excluding hydrogens is 343 g/mol. The molecule has 0 saturated heterocycles. The van der Waals surface area contributed by atoms with Gasteiger partial charge in [0.2, 0.25) is 5.95 Å². The highest BCUT2D eigenvalue weighted by Crippen LogP contribution is 2.23. The Morgan fingerprint density at radius 3 is 2.81 bits per heavy atom. The summed E-state index contributed by atoms with van der Waals surface area (Å²) in [5.41, 5.74) is 0.591. The zero-order valence-electron chi connectivity index (χ0n) is 14.8. The normalized spacial score (nSPS) is 12.8. The SMILES string of the molecule is [B]C([B])([B])n1cc(Nc2ncc3cc(C#N)n([C@@H](C)COC)c3n2)c(=O)[nH]1. The van der Waals surface area contributed by atoms with Crippen LogP contribution in [0.5, 0.6) is 0 Å². The summed E-state index contributed by atoms with van der Waals surface area (Å²) in [5, 5.41) is 13.5. The van der Waals surface area contributed by atoms with Crippen molar-refractivity contribution in [1.82, 2.24) is 24.3 Å². The number of aromatic amines is 1. The smallest absolute Gasteiger partial charge is 0.287 e. The number of nitrogens with one attached hydrogen (secondary N) is 2. The average molecular weight is 357 g/mol. The average Bonchev–Trinajstić information content (AvgIpc) is 3.15. The Morgan fingerprint density at radius 2 is 2.22 bits per heavy atom. The Balaban J connectivity index is 2.02. The molecule has 0 saturated carbocycles. The molecule has 6 radical (unpaired) electrons. The molecule has 12 heteroatoms. The lowest BCUT2D eigenvalue weighted by molar-refractivity contribution is 0.163. The summed E-state index contributed by atoms with van der Waals surface area (Å²) in [5.74, 6) is 0.163. The zero-order chi connectivity index (χ0) is 19.8. The lowest BCUT2D eigenvalue weighted by Gasteiger charge is -2.21. The Labute approximate surface area is 158 Å². The second kappa shape index (κ2) is 7.00. The quantitative estimate of drug-likeness (QED) is 0.592. The minimum Gasteiger partial charge on any atom is -0.383 e. The number of ether oxygens (including phenoxy) is 1. The minimum absolute atomic E-state index is 0.114. The van der Waals surface area contributed by atoms with Crippen LogP contribution in [0.2, 0.25) is 0 Å². The highest BCUT2D eigenvalue weighted by molar-refractivity contribution is 6.56. The number of aromatic nitrogens is 5. The second-order valence-electron chi connectivity index (χ2n) is 6.15. The molecule has 3 rings (SSSR count). The molecule has 0 aromatic carbocycles. The van der Waals surface area contributed by atoms with Crippen LogP contribution in [-0.4, -0.2) is 61.6 Å². The summed E-state index contributed by atoms with van der Waals surface area (Å²) in [7, 11) is 18.2. The van der Waals surface area contributed by atoms with Crippen molar-refractivity contribution in [3.05, 3.63) is 34.5 Å². The van der Waals surface area contributed by atoms with Gasteiger partial charge < -0.3 is 19.3 Å². The summed E-state index contributed by atoms with van der Waals surface area (Å²) >= 11 is 0. The third-order valence-electron chi connectivity index (χ3n) is 3.93. The van der Waals surface area contributed by atoms with Crippen LogP contribution >= 0.6 is 0 Å². The molecule has 3 heterocycles. The molecule has 0 aliphatic heterocycles. The van der Waals surface area contributed by atoms with Crippen LogP contribution in [0.15, 0.2) is 23.3 Å². The van der Waals surface area contributed by atoms with E-state index in [2.05, 4.69) is 26.5 Å². The van der Waals surface area contributed by atoms with E-state index in [9.17, 15) is 10.1 Å². The molecule has 27 heavy (non-hydrogen) atoms. The molecular formula is C15H14B3N7O2. The van der Waals surface area contributed by atoms with Gasteiger partial charge in [0, 0.05) is 24.9 Å². The second-order valence-corrected chi connectivity index (χ2v) is 6.15. The number of hydrogen-bond acceptors (Lipinski definition) is 6. The van der Waals surface area contributed by atoms with Crippen LogP contribution in [-0.2, 0) is 9.97 Å². The molecule has 130 valence electrons. The highest BCUT2D eigenvalue weighted by atomic mass is 16.5. The number of fused-ring (bicyclic) bond motifs is 1. The van der Waals surface area contributed by atoms with E-state index >= 15 is 0 Å². The van der Waals surface area contributed by atoms with Gasteiger partial charge in [-0.25, -0.2) is 4.98 Å². The summed E-state index contributed by atoms with van der Waals surface area (Å²) in [4.78, 5) is 20.6. The first-order valence-corrected chi connectivity index (χ1v) is 7.97. The number of hydrogen-bond donors (Lipinski definition) is 2. The van der Waals surface area contributed by atoms with Gasteiger partial charge in [0.1, 0.15) is 23.1 Å². The summed E-state index contributed by atoms with van der Waals surface area (Å²) in [6.07, 6.45) is 2.88. The van der Waals surface area contributed by atoms with E-state index in [1.54, 1.807) is 23.9 Å². The Bertz CT molecular complexity index is 1070. The molecule has 9 nitrogen and oxygen atoms in total. The van der Waals surface area contributed by atoms with Crippen molar-refractivity contribution in [3.8, 4) is 6.07 Å². The van der Waals surface area contributed by atoms with Crippen LogP contribution in [0.1, 0.15) is 18.7 Å².